The first-order valence-electron chi connectivity index (χ1n) is 32.0. The van der Waals surface area contributed by atoms with Crippen LogP contribution in [0.3, 0.4) is 0 Å². The molecule has 0 amide bonds. The number of carbonyl (C=O) groups is 3. The summed E-state index contributed by atoms with van der Waals surface area (Å²) in [7, 11) is 0. The van der Waals surface area contributed by atoms with Crippen molar-refractivity contribution in [2.45, 2.75) is 354 Å². The van der Waals surface area contributed by atoms with Gasteiger partial charge in [0.1, 0.15) is 13.2 Å². The molecule has 0 aliphatic carbocycles. The average molecular weight is 1010 g/mol. The minimum absolute atomic E-state index is 0.0705. The Bertz CT molecular complexity index is 1210. The molecule has 0 N–H and O–H groups in total. The van der Waals surface area contributed by atoms with Gasteiger partial charge >= 0.3 is 17.9 Å². The molecule has 0 saturated carbocycles. The van der Waals surface area contributed by atoms with E-state index in [0.717, 1.165) is 77.0 Å². The molecule has 0 aromatic carbocycles. The van der Waals surface area contributed by atoms with Crippen LogP contribution in [0.4, 0.5) is 0 Å². The van der Waals surface area contributed by atoms with Crippen molar-refractivity contribution in [3.8, 4) is 0 Å². The summed E-state index contributed by atoms with van der Waals surface area (Å²) in [6.07, 6.45) is 74.9. The summed E-state index contributed by atoms with van der Waals surface area (Å²) in [6.45, 7) is 6.60. The minimum Gasteiger partial charge on any atom is -0.462 e. The zero-order valence-corrected chi connectivity index (χ0v) is 48.5. The van der Waals surface area contributed by atoms with Gasteiger partial charge in [-0.3, -0.25) is 14.4 Å². The van der Waals surface area contributed by atoms with Crippen molar-refractivity contribution >= 4 is 17.9 Å². The minimum atomic E-state index is -0.768. The van der Waals surface area contributed by atoms with Gasteiger partial charge in [0.15, 0.2) is 6.10 Å². The van der Waals surface area contributed by atoms with E-state index in [4.69, 9.17) is 14.2 Å². The lowest BCUT2D eigenvalue weighted by Gasteiger charge is -2.18. The number of esters is 3. The third-order valence-electron chi connectivity index (χ3n) is 14.4. The lowest BCUT2D eigenvalue weighted by atomic mass is 10.0. The van der Waals surface area contributed by atoms with Crippen molar-refractivity contribution in [2.75, 3.05) is 13.2 Å². The second kappa shape index (κ2) is 61.2. The summed E-state index contributed by atoms with van der Waals surface area (Å²) in [6, 6.07) is 0. The maximum absolute atomic E-state index is 12.8. The van der Waals surface area contributed by atoms with Gasteiger partial charge in [0.05, 0.1) is 0 Å². The lowest BCUT2D eigenvalue weighted by Crippen LogP contribution is -2.30. The molecule has 0 fully saturated rings. The highest BCUT2D eigenvalue weighted by molar-refractivity contribution is 5.71. The summed E-state index contributed by atoms with van der Waals surface area (Å²) in [5, 5.41) is 0. The van der Waals surface area contributed by atoms with Gasteiger partial charge < -0.3 is 14.2 Å². The van der Waals surface area contributed by atoms with Gasteiger partial charge in [0.25, 0.3) is 0 Å². The number of allylic oxidation sites excluding steroid dienone is 6. The Morgan fingerprint density at radius 3 is 0.778 bits per heavy atom. The second-order valence-corrected chi connectivity index (χ2v) is 21.7. The SMILES string of the molecule is CCCCCCC/C=C\C/C=C\C/C=C\CCCCCCCCCCCCC(=O)OCC(COC(=O)CCCCCCC)OC(=O)CCCCCCCCCCCCCCCCCCCCCCCCCC. The van der Waals surface area contributed by atoms with Gasteiger partial charge in [-0.2, -0.15) is 0 Å². The zero-order valence-electron chi connectivity index (χ0n) is 48.5. The van der Waals surface area contributed by atoms with E-state index < -0.39 is 6.10 Å². The van der Waals surface area contributed by atoms with Gasteiger partial charge in [-0.1, -0.05) is 308 Å². The maximum Gasteiger partial charge on any atom is 0.306 e. The summed E-state index contributed by atoms with van der Waals surface area (Å²) in [5.41, 5.74) is 0. The quantitative estimate of drug-likeness (QED) is 0.0261. The van der Waals surface area contributed by atoms with Crippen LogP contribution in [-0.2, 0) is 28.6 Å². The van der Waals surface area contributed by atoms with E-state index in [9.17, 15) is 14.4 Å². The zero-order chi connectivity index (χ0) is 52.2. The summed E-state index contributed by atoms with van der Waals surface area (Å²) in [5.74, 6) is -0.867. The number of ether oxygens (including phenoxy) is 3. The van der Waals surface area contributed by atoms with Crippen LogP contribution in [0.5, 0.6) is 0 Å². The molecule has 0 saturated heterocycles. The smallest absolute Gasteiger partial charge is 0.306 e. The van der Waals surface area contributed by atoms with Gasteiger partial charge in [-0.15, -0.1) is 0 Å². The van der Waals surface area contributed by atoms with E-state index in [1.165, 1.54) is 231 Å². The van der Waals surface area contributed by atoms with Gasteiger partial charge in [-0.25, -0.2) is 0 Å². The number of hydrogen-bond donors (Lipinski definition) is 0. The fourth-order valence-electron chi connectivity index (χ4n) is 9.57. The molecule has 0 aliphatic heterocycles. The topological polar surface area (TPSA) is 78.9 Å². The van der Waals surface area contributed by atoms with E-state index in [-0.39, 0.29) is 31.1 Å². The fraction of sp³-hybridized carbons (Fsp3) is 0.864. The molecule has 0 bridgehead atoms. The van der Waals surface area contributed by atoms with Crippen molar-refractivity contribution < 1.29 is 28.6 Å². The predicted molar refractivity (Wildman–Crippen MR) is 312 cm³/mol. The molecule has 0 heterocycles. The van der Waals surface area contributed by atoms with E-state index in [0.29, 0.717) is 19.3 Å². The Balaban J connectivity index is 4.01. The third kappa shape index (κ3) is 58.5. The maximum atomic E-state index is 12.8. The number of unbranched alkanes of at least 4 members (excludes halogenated alkanes) is 42. The normalized spacial score (nSPS) is 12.2. The van der Waals surface area contributed by atoms with Crippen LogP contribution in [-0.4, -0.2) is 37.2 Å². The molecular weight excluding hydrogens is 889 g/mol. The van der Waals surface area contributed by atoms with Crippen molar-refractivity contribution in [3.05, 3.63) is 36.5 Å². The molecular formula is C66H122O6. The fourth-order valence-corrected chi connectivity index (χ4v) is 9.57. The molecule has 0 aromatic rings. The van der Waals surface area contributed by atoms with Crippen LogP contribution in [0.25, 0.3) is 0 Å². The second-order valence-electron chi connectivity index (χ2n) is 21.7. The number of carbonyl (C=O) groups excluding carboxylic acids is 3. The Labute approximate surface area is 448 Å². The largest absolute Gasteiger partial charge is 0.462 e. The molecule has 422 valence electrons. The average Bonchev–Trinajstić information content (AvgIpc) is 3.38. The van der Waals surface area contributed by atoms with Crippen molar-refractivity contribution in [1.29, 1.82) is 0 Å². The lowest BCUT2D eigenvalue weighted by molar-refractivity contribution is -0.167. The van der Waals surface area contributed by atoms with Crippen molar-refractivity contribution in [3.63, 3.8) is 0 Å². The molecule has 0 aromatic heterocycles. The van der Waals surface area contributed by atoms with Crippen molar-refractivity contribution in [2.24, 2.45) is 0 Å². The first-order valence-corrected chi connectivity index (χ1v) is 32.0. The Morgan fingerprint density at radius 2 is 0.500 bits per heavy atom. The Morgan fingerprint density at radius 1 is 0.278 bits per heavy atom. The molecule has 72 heavy (non-hydrogen) atoms. The summed E-state index contributed by atoms with van der Waals surface area (Å²) < 4.78 is 16.8. The van der Waals surface area contributed by atoms with Crippen molar-refractivity contribution in [1.82, 2.24) is 0 Å². The van der Waals surface area contributed by atoms with Crippen LogP contribution >= 0.6 is 0 Å². The van der Waals surface area contributed by atoms with Crippen LogP contribution in [0.15, 0.2) is 36.5 Å². The van der Waals surface area contributed by atoms with Crippen LogP contribution < -0.4 is 0 Å². The molecule has 1 unspecified atom stereocenters. The van der Waals surface area contributed by atoms with Crippen LogP contribution in [0.1, 0.15) is 348 Å². The molecule has 6 nitrogen and oxygen atoms in total. The molecule has 0 aliphatic rings. The number of rotatable bonds is 59. The molecule has 6 heteroatoms. The van der Waals surface area contributed by atoms with Crippen LogP contribution in [0, 0.1) is 0 Å². The van der Waals surface area contributed by atoms with E-state index in [1.807, 2.05) is 0 Å². The Hall–Kier alpha value is -2.37. The third-order valence-corrected chi connectivity index (χ3v) is 14.4. The first-order chi connectivity index (χ1) is 35.5. The highest BCUT2D eigenvalue weighted by Crippen LogP contribution is 2.18. The van der Waals surface area contributed by atoms with Crippen LogP contribution in [0.2, 0.25) is 0 Å². The van der Waals surface area contributed by atoms with E-state index in [1.54, 1.807) is 0 Å². The summed E-state index contributed by atoms with van der Waals surface area (Å²) in [4.78, 5) is 37.9. The van der Waals surface area contributed by atoms with E-state index >= 15 is 0 Å². The summed E-state index contributed by atoms with van der Waals surface area (Å²) >= 11 is 0. The number of hydrogen-bond acceptors (Lipinski definition) is 6. The molecule has 0 rings (SSSR count). The van der Waals surface area contributed by atoms with E-state index in [2.05, 4.69) is 57.2 Å². The molecule has 0 spiro atoms. The van der Waals surface area contributed by atoms with Gasteiger partial charge in [-0.05, 0) is 57.8 Å². The Kier molecular flexibility index (Phi) is 59.2. The van der Waals surface area contributed by atoms with Gasteiger partial charge in [0, 0.05) is 19.3 Å². The standard InChI is InChI=1S/C66H122O6/c1-4-7-10-13-15-17-19-21-23-25-27-29-31-33-35-36-38-40-42-44-46-48-50-53-56-59-65(68)71-62-63(61-70-64(67)58-55-52-12-9-6-3)72-66(69)60-57-54-51-49-47-45-43-41-39-37-34-32-30-28-26-24-22-20-18-16-14-11-8-5-2/h19,21,25,27,31,33,63H,4-18,20,22-24,26,28-30,32,34-62H2,1-3H3/b21-19-,27-25-,33-31-. The highest BCUT2D eigenvalue weighted by atomic mass is 16.6. The van der Waals surface area contributed by atoms with Gasteiger partial charge in [0.2, 0.25) is 0 Å². The highest BCUT2D eigenvalue weighted by Gasteiger charge is 2.19. The molecule has 0 radical (unpaired) electrons. The monoisotopic (exact) mass is 1010 g/mol. The molecule has 1 atom stereocenters. The predicted octanol–water partition coefficient (Wildman–Crippen LogP) is 21.6. The first kappa shape index (κ1) is 69.6.